The molecule has 4 nitrogen and oxygen atoms in total. The maximum Gasteiger partial charge on any atom is 0.167 e. The van der Waals surface area contributed by atoms with Crippen LogP contribution in [0.2, 0.25) is 0 Å². The van der Waals surface area contributed by atoms with E-state index in [1.54, 1.807) is 13.0 Å². The van der Waals surface area contributed by atoms with Crippen LogP contribution in [0.25, 0.3) is 0 Å². The lowest BCUT2D eigenvalue weighted by Gasteiger charge is -2.18. The number of halogens is 1. The smallest absolute Gasteiger partial charge is 0.167 e. The monoisotopic (exact) mass is 325 g/mol. The molecule has 2 aromatic rings. The van der Waals surface area contributed by atoms with Gasteiger partial charge in [-0.3, -0.25) is 0 Å². The lowest BCUT2D eigenvalue weighted by Crippen LogP contribution is -2.26. The maximum atomic E-state index is 14.1. The zero-order chi connectivity index (χ0) is 17.6. The fourth-order valence-corrected chi connectivity index (χ4v) is 1.82. The average Bonchev–Trinajstić information content (AvgIpc) is 2.59. The van der Waals surface area contributed by atoms with Crippen LogP contribution in [-0.4, -0.2) is 5.54 Å². The van der Waals surface area contributed by atoms with Crippen molar-refractivity contribution in [3.05, 3.63) is 59.9 Å². The van der Waals surface area contributed by atoms with Crippen LogP contribution in [-0.2, 0) is 6.61 Å². The molecule has 0 aliphatic rings. The van der Waals surface area contributed by atoms with Crippen LogP contribution >= 0.6 is 0 Å². The third-order valence-electron chi connectivity index (χ3n) is 3.88. The summed E-state index contributed by atoms with van der Waals surface area (Å²) in [4.78, 5) is 0. The van der Waals surface area contributed by atoms with E-state index in [1.165, 1.54) is 12.1 Å². The molecule has 0 spiro atoms. The van der Waals surface area contributed by atoms with Crippen molar-refractivity contribution in [3.8, 4) is 11.8 Å². The number of hydrogen-bond donors (Lipinski definition) is 0. The van der Waals surface area contributed by atoms with Crippen molar-refractivity contribution in [2.24, 2.45) is 16.1 Å². The molecule has 0 aliphatic heterocycles. The molecule has 2 aromatic carbocycles. The van der Waals surface area contributed by atoms with Gasteiger partial charge in [-0.1, -0.05) is 44.2 Å². The van der Waals surface area contributed by atoms with E-state index in [-0.39, 0.29) is 11.6 Å². The summed E-state index contributed by atoms with van der Waals surface area (Å²) in [5, 5.41) is 17.1. The van der Waals surface area contributed by atoms with Gasteiger partial charge in [0.15, 0.2) is 11.4 Å². The van der Waals surface area contributed by atoms with Crippen LogP contribution in [0.5, 0.6) is 5.75 Å². The standard InChI is InChI=1S/C19H20FN3O/c1-14(2)19(3,13-21)23-22-18-10-9-16(11-17(18)20)24-12-15-7-5-4-6-8-15/h4-11,14H,12H2,1-3H3/b23-22+. The zero-order valence-corrected chi connectivity index (χ0v) is 14.0. The first kappa shape index (κ1) is 17.6. The highest BCUT2D eigenvalue weighted by atomic mass is 19.1. The molecule has 0 bridgehead atoms. The first-order chi connectivity index (χ1) is 11.4. The lowest BCUT2D eigenvalue weighted by atomic mass is 9.91. The summed E-state index contributed by atoms with van der Waals surface area (Å²) >= 11 is 0. The Morgan fingerprint density at radius 3 is 2.50 bits per heavy atom. The molecule has 0 aromatic heterocycles. The molecule has 0 amide bonds. The summed E-state index contributed by atoms with van der Waals surface area (Å²) in [5.41, 5.74) is 0.113. The normalized spacial score (nSPS) is 13.7. The number of nitrogens with zero attached hydrogens (tertiary/aromatic N) is 3. The summed E-state index contributed by atoms with van der Waals surface area (Å²) < 4.78 is 19.7. The molecule has 2 rings (SSSR count). The first-order valence-electron chi connectivity index (χ1n) is 7.75. The molecule has 0 aliphatic carbocycles. The number of hydrogen-bond acceptors (Lipinski definition) is 4. The van der Waals surface area contributed by atoms with Crippen molar-refractivity contribution in [3.63, 3.8) is 0 Å². The van der Waals surface area contributed by atoms with E-state index in [1.807, 2.05) is 44.2 Å². The Kier molecular flexibility index (Phi) is 5.64. The van der Waals surface area contributed by atoms with Crippen LogP contribution in [0.1, 0.15) is 26.3 Å². The second-order valence-corrected chi connectivity index (χ2v) is 6.00. The fraction of sp³-hybridized carbons (Fsp3) is 0.316. The van der Waals surface area contributed by atoms with Gasteiger partial charge in [-0.05, 0) is 30.5 Å². The van der Waals surface area contributed by atoms with E-state index < -0.39 is 11.4 Å². The highest BCUT2D eigenvalue weighted by Gasteiger charge is 2.27. The van der Waals surface area contributed by atoms with Crippen LogP contribution in [0, 0.1) is 23.1 Å². The Labute approximate surface area is 141 Å². The predicted octanol–water partition coefficient (Wildman–Crippen LogP) is 5.43. The van der Waals surface area contributed by atoms with Gasteiger partial charge in [0.1, 0.15) is 18.0 Å². The molecule has 5 heteroatoms. The predicted molar refractivity (Wildman–Crippen MR) is 90.5 cm³/mol. The number of azo groups is 1. The van der Waals surface area contributed by atoms with E-state index in [2.05, 4.69) is 16.3 Å². The summed E-state index contributed by atoms with van der Waals surface area (Å²) in [7, 11) is 0. The Bertz CT molecular complexity index is 753. The van der Waals surface area contributed by atoms with Crippen molar-refractivity contribution in [2.45, 2.75) is 32.9 Å². The molecule has 0 N–H and O–H groups in total. The van der Waals surface area contributed by atoms with Gasteiger partial charge in [-0.25, -0.2) is 4.39 Å². The molecule has 0 fully saturated rings. The quantitative estimate of drug-likeness (QED) is 0.665. The van der Waals surface area contributed by atoms with E-state index in [4.69, 9.17) is 4.74 Å². The third kappa shape index (κ3) is 4.39. The Balaban J connectivity index is 2.08. The van der Waals surface area contributed by atoms with Gasteiger partial charge >= 0.3 is 0 Å². The van der Waals surface area contributed by atoms with Crippen LogP contribution in [0.3, 0.4) is 0 Å². The SMILES string of the molecule is CC(C)C(C)(C#N)/N=N/c1ccc(OCc2ccccc2)cc1F. The highest BCUT2D eigenvalue weighted by molar-refractivity contribution is 5.42. The van der Waals surface area contributed by atoms with E-state index in [0.29, 0.717) is 12.4 Å². The largest absolute Gasteiger partial charge is 0.489 e. The van der Waals surface area contributed by atoms with Gasteiger partial charge in [0.05, 0.1) is 6.07 Å². The maximum absolute atomic E-state index is 14.1. The number of rotatable bonds is 6. The fourth-order valence-electron chi connectivity index (χ4n) is 1.82. The minimum Gasteiger partial charge on any atom is -0.489 e. The molecule has 24 heavy (non-hydrogen) atoms. The lowest BCUT2D eigenvalue weighted by molar-refractivity contribution is 0.304. The van der Waals surface area contributed by atoms with Gasteiger partial charge in [0.2, 0.25) is 0 Å². The van der Waals surface area contributed by atoms with Crippen LogP contribution in [0.4, 0.5) is 10.1 Å². The second kappa shape index (κ2) is 7.69. The third-order valence-corrected chi connectivity index (χ3v) is 3.88. The molecule has 1 unspecified atom stereocenters. The molecule has 0 saturated carbocycles. The number of ether oxygens (including phenoxy) is 1. The Morgan fingerprint density at radius 1 is 1.21 bits per heavy atom. The van der Waals surface area contributed by atoms with Gasteiger partial charge in [0, 0.05) is 6.07 Å². The molecule has 0 radical (unpaired) electrons. The number of benzene rings is 2. The van der Waals surface area contributed by atoms with Gasteiger partial charge < -0.3 is 4.74 Å². The zero-order valence-electron chi connectivity index (χ0n) is 14.0. The molecular weight excluding hydrogens is 305 g/mol. The first-order valence-corrected chi connectivity index (χ1v) is 7.75. The summed E-state index contributed by atoms with van der Waals surface area (Å²) in [6.45, 7) is 5.79. The van der Waals surface area contributed by atoms with Crippen molar-refractivity contribution in [1.29, 1.82) is 5.26 Å². The van der Waals surface area contributed by atoms with Crippen LogP contribution < -0.4 is 4.74 Å². The Morgan fingerprint density at radius 2 is 1.92 bits per heavy atom. The van der Waals surface area contributed by atoms with Crippen molar-refractivity contribution < 1.29 is 9.13 Å². The molecule has 124 valence electrons. The highest BCUT2D eigenvalue weighted by Crippen LogP contribution is 2.27. The summed E-state index contributed by atoms with van der Waals surface area (Å²) in [6, 6.07) is 16.2. The minimum absolute atomic E-state index is 0.0252. The van der Waals surface area contributed by atoms with Crippen molar-refractivity contribution >= 4 is 5.69 Å². The average molecular weight is 325 g/mol. The van der Waals surface area contributed by atoms with E-state index in [0.717, 1.165) is 5.56 Å². The van der Waals surface area contributed by atoms with Crippen LogP contribution in [0.15, 0.2) is 58.8 Å². The Hall–Kier alpha value is -2.74. The van der Waals surface area contributed by atoms with Gasteiger partial charge in [-0.15, -0.1) is 0 Å². The van der Waals surface area contributed by atoms with E-state index in [9.17, 15) is 9.65 Å². The molecular formula is C19H20FN3O. The molecule has 0 heterocycles. The molecule has 0 saturated heterocycles. The van der Waals surface area contributed by atoms with E-state index >= 15 is 0 Å². The van der Waals surface area contributed by atoms with Gasteiger partial charge in [-0.2, -0.15) is 15.5 Å². The summed E-state index contributed by atoms with van der Waals surface area (Å²) in [6.07, 6.45) is 0. The summed E-state index contributed by atoms with van der Waals surface area (Å²) in [5.74, 6) is -0.140. The molecule has 1 atom stereocenters. The minimum atomic E-state index is -0.977. The van der Waals surface area contributed by atoms with Crippen molar-refractivity contribution in [2.75, 3.05) is 0 Å². The second-order valence-electron chi connectivity index (χ2n) is 6.00. The van der Waals surface area contributed by atoms with Gasteiger partial charge in [0.25, 0.3) is 0 Å². The number of nitriles is 1. The topological polar surface area (TPSA) is 57.7 Å². The van der Waals surface area contributed by atoms with Crippen molar-refractivity contribution in [1.82, 2.24) is 0 Å².